The van der Waals surface area contributed by atoms with Crippen molar-refractivity contribution in [3.63, 3.8) is 0 Å². The van der Waals surface area contributed by atoms with Crippen molar-refractivity contribution < 1.29 is 14.3 Å². The van der Waals surface area contributed by atoms with Gasteiger partial charge in [-0.15, -0.1) is 0 Å². The van der Waals surface area contributed by atoms with Crippen molar-refractivity contribution in [1.82, 2.24) is 9.80 Å². The number of hydrogen-bond donors (Lipinski definition) is 0. The van der Waals surface area contributed by atoms with Crippen LogP contribution in [0.2, 0.25) is 0 Å². The van der Waals surface area contributed by atoms with Crippen molar-refractivity contribution in [3.8, 4) is 5.75 Å². The van der Waals surface area contributed by atoms with Crippen LogP contribution in [0, 0.1) is 0 Å². The Hall–Kier alpha value is -3.08. The first-order valence-electron chi connectivity index (χ1n) is 10.2. The molecule has 0 aliphatic carbocycles. The molecule has 0 bridgehead atoms. The number of amides is 2. The molecular weight excluding hydrogens is 364 g/mol. The van der Waals surface area contributed by atoms with Crippen molar-refractivity contribution in [2.45, 2.75) is 39.8 Å². The third-order valence-corrected chi connectivity index (χ3v) is 5.51. The molecule has 4 rings (SSSR count). The molecule has 2 amide bonds. The Kier molecular flexibility index (Phi) is 5.14. The molecule has 0 radical (unpaired) electrons. The van der Waals surface area contributed by atoms with Gasteiger partial charge in [0, 0.05) is 19.1 Å². The molecule has 2 aromatic rings. The highest BCUT2D eigenvalue weighted by Gasteiger charge is 2.43. The average Bonchev–Trinajstić information content (AvgIpc) is 2.98. The molecule has 0 saturated carbocycles. The summed E-state index contributed by atoms with van der Waals surface area (Å²) >= 11 is 0. The van der Waals surface area contributed by atoms with E-state index in [9.17, 15) is 9.59 Å². The van der Waals surface area contributed by atoms with Crippen molar-refractivity contribution in [2.24, 2.45) is 0 Å². The van der Waals surface area contributed by atoms with E-state index in [1.165, 1.54) is 16.0 Å². The van der Waals surface area contributed by atoms with E-state index >= 15 is 0 Å². The summed E-state index contributed by atoms with van der Waals surface area (Å²) in [6.45, 7) is 7.62. The summed E-state index contributed by atoms with van der Waals surface area (Å²) in [5.74, 6) is 0.332. The average molecular weight is 390 g/mol. The summed E-state index contributed by atoms with van der Waals surface area (Å²) in [6.07, 6.45) is 0.860. The van der Waals surface area contributed by atoms with Gasteiger partial charge in [0.15, 0.2) is 0 Å². The lowest BCUT2D eigenvalue weighted by molar-refractivity contribution is -0.139. The van der Waals surface area contributed by atoms with Gasteiger partial charge in [-0.2, -0.15) is 0 Å². The van der Waals surface area contributed by atoms with Gasteiger partial charge in [-0.3, -0.25) is 14.5 Å². The maximum absolute atomic E-state index is 13.3. The van der Waals surface area contributed by atoms with Gasteiger partial charge >= 0.3 is 0 Å². The third kappa shape index (κ3) is 3.41. The van der Waals surface area contributed by atoms with Crippen LogP contribution in [0.4, 0.5) is 0 Å². The Morgan fingerprint density at radius 1 is 0.966 bits per heavy atom. The van der Waals surface area contributed by atoms with Crippen molar-refractivity contribution >= 4 is 17.4 Å². The Morgan fingerprint density at radius 2 is 1.66 bits per heavy atom. The molecule has 0 unspecified atom stereocenters. The summed E-state index contributed by atoms with van der Waals surface area (Å²) < 4.78 is 5.52. The molecule has 2 aliphatic heterocycles. The van der Waals surface area contributed by atoms with Crippen LogP contribution in [0.1, 0.15) is 37.5 Å². The molecule has 2 heterocycles. The van der Waals surface area contributed by atoms with E-state index in [1.54, 1.807) is 0 Å². The number of hydrogen-bond acceptors (Lipinski definition) is 4. The molecule has 0 saturated heterocycles. The van der Waals surface area contributed by atoms with E-state index in [0.29, 0.717) is 24.4 Å². The van der Waals surface area contributed by atoms with E-state index < -0.39 is 0 Å². The molecule has 2 aliphatic rings. The molecular formula is C24H26N2O3. The maximum atomic E-state index is 13.3. The van der Waals surface area contributed by atoms with Crippen LogP contribution in [0.3, 0.4) is 0 Å². The van der Waals surface area contributed by atoms with Gasteiger partial charge < -0.3 is 9.64 Å². The lowest BCUT2D eigenvalue weighted by Crippen LogP contribution is -2.40. The van der Waals surface area contributed by atoms with Crippen LogP contribution in [-0.2, 0) is 22.6 Å². The normalized spacial score (nSPS) is 16.7. The highest BCUT2D eigenvalue weighted by Crippen LogP contribution is 2.35. The quantitative estimate of drug-likeness (QED) is 0.732. The van der Waals surface area contributed by atoms with Crippen LogP contribution in [0.5, 0.6) is 5.75 Å². The van der Waals surface area contributed by atoms with Gasteiger partial charge in [-0.25, -0.2) is 0 Å². The molecule has 29 heavy (non-hydrogen) atoms. The second kappa shape index (κ2) is 7.74. The first-order chi connectivity index (χ1) is 14.0. The number of fused-ring (bicyclic) bond motifs is 1. The van der Waals surface area contributed by atoms with Gasteiger partial charge in [0.2, 0.25) is 0 Å². The third-order valence-electron chi connectivity index (χ3n) is 5.51. The number of benzene rings is 2. The molecule has 0 aromatic heterocycles. The van der Waals surface area contributed by atoms with Crippen molar-refractivity contribution in [2.75, 3.05) is 13.2 Å². The number of nitrogens with zero attached hydrogens (tertiary/aromatic N) is 2. The summed E-state index contributed by atoms with van der Waals surface area (Å²) in [7, 11) is 0. The van der Waals surface area contributed by atoms with Gasteiger partial charge in [0.05, 0.1) is 12.2 Å². The predicted molar refractivity (Wildman–Crippen MR) is 112 cm³/mol. The highest BCUT2D eigenvalue weighted by atomic mass is 16.5. The first-order valence-corrected chi connectivity index (χ1v) is 10.2. The molecule has 0 spiro atoms. The Balaban J connectivity index is 1.77. The maximum Gasteiger partial charge on any atom is 0.278 e. The van der Waals surface area contributed by atoms with Gasteiger partial charge in [0.1, 0.15) is 11.4 Å². The van der Waals surface area contributed by atoms with E-state index in [1.807, 2.05) is 57.2 Å². The lowest BCUT2D eigenvalue weighted by atomic mass is 9.98. The van der Waals surface area contributed by atoms with Crippen molar-refractivity contribution in [1.29, 1.82) is 0 Å². The van der Waals surface area contributed by atoms with E-state index in [0.717, 1.165) is 24.3 Å². The topological polar surface area (TPSA) is 49.9 Å². The fourth-order valence-electron chi connectivity index (χ4n) is 4.13. The number of ether oxygens (including phenoxy) is 1. The first kappa shape index (κ1) is 19.2. The second-order valence-electron chi connectivity index (χ2n) is 7.70. The Bertz CT molecular complexity index is 976. The minimum absolute atomic E-state index is 0.192. The monoisotopic (exact) mass is 390 g/mol. The molecule has 0 atom stereocenters. The molecule has 5 nitrogen and oxygen atoms in total. The number of rotatable bonds is 5. The van der Waals surface area contributed by atoms with Gasteiger partial charge in [-0.05, 0) is 56.0 Å². The van der Waals surface area contributed by atoms with Crippen LogP contribution < -0.4 is 4.74 Å². The molecule has 5 heteroatoms. The fourth-order valence-corrected chi connectivity index (χ4v) is 4.13. The predicted octanol–water partition coefficient (Wildman–Crippen LogP) is 3.63. The second-order valence-corrected chi connectivity index (χ2v) is 7.70. The molecule has 150 valence electrons. The fraction of sp³-hybridized carbons (Fsp3) is 0.333. The molecule has 0 N–H and O–H groups in total. The molecule has 0 fully saturated rings. The lowest BCUT2D eigenvalue weighted by Gasteiger charge is -2.31. The largest absolute Gasteiger partial charge is 0.494 e. The van der Waals surface area contributed by atoms with E-state index in [2.05, 4.69) is 17.0 Å². The van der Waals surface area contributed by atoms with Gasteiger partial charge in [-0.1, -0.05) is 36.4 Å². The SMILES string of the molecule is CCOc1ccc(C2=C(N3CCc4ccccc4C3)C(=O)N(C(C)C)C2=O)cc1. The zero-order chi connectivity index (χ0) is 20.5. The van der Waals surface area contributed by atoms with Gasteiger partial charge in [0.25, 0.3) is 11.8 Å². The van der Waals surface area contributed by atoms with Crippen LogP contribution in [-0.4, -0.2) is 40.8 Å². The zero-order valence-electron chi connectivity index (χ0n) is 17.1. The number of carbonyl (C=O) groups excluding carboxylic acids is 2. The summed E-state index contributed by atoms with van der Waals surface area (Å²) in [5, 5.41) is 0. The Labute approximate surface area is 171 Å². The van der Waals surface area contributed by atoms with Crippen LogP contribution in [0.25, 0.3) is 5.57 Å². The molecule has 2 aromatic carbocycles. The van der Waals surface area contributed by atoms with Crippen molar-refractivity contribution in [3.05, 3.63) is 70.9 Å². The Morgan fingerprint density at radius 3 is 2.31 bits per heavy atom. The van der Waals surface area contributed by atoms with E-state index in [-0.39, 0.29) is 17.9 Å². The summed E-state index contributed by atoms with van der Waals surface area (Å²) in [4.78, 5) is 30.0. The smallest absolute Gasteiger partial charge is 0.278 e. The highest BCUT2D eigenvalue weighted by molar-refractivity contribution is 6.35. The van der Waals surface area contributed by atoms with Crippen LogP contribution in [0.15, 0.2) is 54.2 Å². The number of carbonyl (C=O) groups is 2. The summed E-state index contributed by atoms with van der Waals surface area (Å²) in [6, 6.07) is 15.5. The standard InChI is InChI=1S/C24H26N2O3/c1-4-29-20-11-9-18(10-12-20)21-22(24(28)26(16(2)3)23(21)27)25-14-13-17-7-5-6-8-19(17)15-25/h5-12,16H,4,13-15H2,1-3H3. The minimum Gasteiger partial charge on any atom is -0.494 e. The zero-order valence-corrected chi connectivity index (χ0v) is 17.1. The summed E-state index contributed by atoms with van der Waals surface area (Å²) in [5.41, 5.74) is 4.28. The van der Waals surface area contributed by atoms with Crippen LogP contribution >= 0.6 is 0 Å². The van der Waals surface area contributed by atoms with E-state index in [4.69, 9.17) is 4.74 Å². The minimum atomic E-state index is -0.219. The number of imide groups is 1.